The highest BCUT2D eigenvalue weighted by Crippen LogP contribution is 2.21. The molecule has 0 bridgehead atoms. The first-order valence-corrected chi connectivity index (χ1v) is 9.09. The van der Waals surface area contributed by atoms with Crippen LogP contribution in [0.1, 0.15) is 11.1 Å². The Morgan fingerprint density at radius 3 is 1.93 bits per heavy atom. The lowest BCUT2D eigenvalue weighted by Gasteiger charge is -2.09. The SMILES string of the molecule is COc1ccc(CNCc2cccc(Oc3ccccc3)c2)cc1.O=C(O)C(=O)O. The van der Waals surface area contributed by atoms with Gasteiger partial charge in [0.15, 0.2) is 0 Å². The minimum atomic E-state index is -1.82. The Bertz CT molecular complexity index is 929. The number of aliphatic carboxylic acids is 2. The van der Waals surface area contributed by atoms with Crippen LogP contribution in [0.2, 0.25) is 0 Å². The lowest BCUT2D eigenvalue weighted by molar-refractivity contribution is -0.159. The van der Waals surface area contributed by atoms with E-state index in [0.29, 0.717) is 0 Å². The lowest BCUT2D eigenvalue weighted by atomic mass is 10.2. The second-order valence-corrected chi connectivity index (χ2v) is 6.12. The van der Waals surface area contributed by atoms with Crippen LogP contribution in [-0.4, -0.2) is 29.3 Å². The highest BCUT2D eigenvalue weighted by Gasteiger charge is 2.04. The highest BCUT2D eigenvalue weighted by molar-refractivity contribution is 6.27. The standard InChI is InChI=1S/C21H21NO2.C2H2O4/c1-23-19-12-10-17(11-13-19)15-22-16-18-6-5-9-21(14-18)24-20-7-3-2-4-8-20;3-1(4)2(5)6/h2-14,22H,15-16H2,1H3;(H,3,4)(H,5,6). The van der Waals surface area contributed by atoms with Gasteiger partial charge in [-0.05, 0) is 47.5 Å². The third-order valence-corrected chi connectivity index (χ3v) is 3.88. The van der Waals surface area contributed by atoms with E-state index >= 15 is 0 Å². The molecule has 0 saturated carbocycles. The maximum Gasteiger partial charge on any atom is 0.414 e. The van der Waals surface area contributed by atoms with Gasteiger partial charge in [0.2, 0.25) is 0 Å². The molecule has 0 aliphatic heterocycles. The monoisotopic (exact) mass is 409 g/mol. The molecular weight excluding hydrogens is 386 g/mol. The first kappa shape index (κ1) is 22.4. The number of para-hydroxylation sites is 1. The van der Waals surface area contributed by atoms with E-state index < -0.39 is 11.9 Å². The molecular formula is C23H23NO6. The molecule has 0 aliphatic carbocycles. The van der Waals surface area contributed by atoms with Gasteiger partial charge in [-0.1, -0.05) is 42.5 Å². The highest BCUT2D eigenvalue weighted by atomic mass is 16.5. The first-order valence-electron chi connectivity index (χ1n) is 9.09. The third kappa shape index (κ3) is 8.04. The summed E-state index contributed by atoms with van der Waals surface area (Å²) in [5.74, 6) is -1.07. The van der Waals surface area contributed by atoms with E-state index in [2.05, 4.69) is 29.6 Å². The number of rotatable bonds is 7. The van der Waals surface area contributed by atoms with E-state index in [4.69, 9.17) is 29.3 Å². The predicted molar refractivity (Wildman–Crippen MR) is 112 cm³/mol. The van der Waals surface area contributed by atoms with Crippen molar-refractivity contribution in [2.24, 2.45) is 0 Å². The first-order chi connectivity index (χ1) is 14.5. The number of hydrogen-bond acceptors (Lipinski definition) is 5. The molecule has 7 heteroatoms. The van der Waals surface area contributed by atoms with Gasteiger partial charge in [-0.25, -0.2) is 9.59 Å². The number of ether oxygens (including phenoxy) is 2. The van der Waals surface area contributed by atoms with Crippen molar-refractivity contribution in [2.45, 2.75) is 13.1 Å². The molecule has 156 valence electrons. The van der Waals surface area contributed by atoms with E-state index in [1.54, 1.807) is 7.11 Å². The van der Waals surface area contributed by atoms with Crippen molar-refractivity contribution < 1.29 is 29.3 Å². The van der Waals surface area contributed by atoms with E-state index in [0.717, 1.165) is 30.3 Å². The molecule has 0 spiro atoms. The summed E-state index contributed by atoms with van der Waals surface area (Å²) < 4.78 is 11.0. The van der Waals surface area contributed by atoms with Crippen molar-refractivity contribution in [1.82, 2.24) is 5.32 Å². The van der Waals surface area contributed by atoms with Gasteiger partial charge in [0.05, 0.1) is 7.11 Å². The van der Waals surface area contributed by atoms with Crippen LogP contribution >= 0.6 is 0 Å². The summed E-state index contributed by atoms with van der Waals surface area (Å²) in [6, 6.07) is 26.1. The van der Waals surface area contributed by atoms with Crippen LogP contribution in [0.4, 0.5) is 0 Å². The average Bonchev–Trinajstić information content (AvgIpc) is 2.76. The van der Waals surface area contributed by atoms with Crippen molar-refractivity contribution in [1.29, 1.82) is 0 Å². The summed E-state index contributed by atoms with van der Waals surface area (Å²) in [6.45, 7) is 1.60. The van der Waals surface area contributed by atoms with Crippen molar-refractivity contribution in [3.8, 4) is 17.2 Å². The van der Waals surface area contributed by atoms with Gasteiger partial charge >= 0.3 is 11.9 Å². The van der Waals surface area contributed by atoms with Crippen molar-refractivity contribution >= 4 is 11.9 Å². The van der Waals surface area contributed by atoms with Gasteiger partial charge in [-0.15, -0.1) is 0 Å². The van der Waals surface area contributed by atoms with Gasteiger partial charge in [0.25, 0.3) is 0 Å². The lowest BCUT2D eigenvalue weighted by Crippen LogP contribution is -2.12. The number of carboxylic acids is 2. The summed E-state index contributed by atoms with van der Waals surface area (Å²) >= 11 is 0. The fraction of sp³-hybridized carbons (Fsp3) is 0.130. The van der Waals surface area contributed by atoms with Gasteiger partial charge in [-0.2, -0.15) is 0 Å². The zero-order valence-corrected chi connectivity index (χ0v) is 16.4. The Hall–Kier alpha value is -3.84. The van der Waals surface area contributed by atoms with E-state index in [9.17, 15) is 0 Å². The second kappa shape index (κ2) is 11.9. The third-order valence-electron chi connectivity index (χ3n) is 3.88. The second-order valence-electron chi connectivity index (χ2n) is 6.12. The van der Waals surface area contributed by atoms with E-state index in [1.165, 1.54) is 11.1 Å². The Morgan fingerprint density at radius 1 is 0.733 bits per heavy atom. The van der Waals surface area contributed by atoms with Crippen molar-refractivity contribution in [3.05, 3.63) is 90.0 Å². The fourth-order valence-electron chi connectivity index (χ4n) is 2.44. The van der Waals surface area contributed by atoms with Gasteiger partial charge < -0.3 is 25.0 Å². The summed E-state index contributed by atoms with van der Waals surface area (Å²) in [5, 5.41) is 18.2. The minimum Gasteiger partial charge on any atom is -0.497 e. The molecule has 3 aromatic rings. The molecule has 0 aromatic heterocycles. The predicted octanol–water partition coefficient (Wildman–Crippen LogP) is 3.93. The Kier molecular flexibility index (Phi) is 8.89. The Labute approximate surface area is 174 Å². The average molecular weight is 409 g/mol. The molecule has 0 saturated heterocycles. The number of hydrogen-bond donors (Lipinski definition) is 3. The van der Waals surface area contributed by atoms with Crippen LogP contribution in [0, 0.1) is 0 Å². The van der Waals surface area contributed by atoms with Crippen molar-refractivity contribution in [3.63, 3.8) is 0 Å². The molecule has 0 amide bonds. The number of nitrogens with one attached hydrogen (secondary N) is 1. The van der Waals surface area contributed by atoms with Gasteiger partial charge in [0.1, 0.15) is 17.2 Å². The smallest absolute Gasteiger partial charge is 0.414 e. The molecule has 0 atom stereocenters. The minimum absolute atomic E-state index is 0.790. The molecule has 0 heterocycles. The maximum atomic E-state index is 9.10. The molecule has 0 unspecified atom stereocenters. The van der Waals surface area contributed by atoms with E-state index in [-0.39, 0.29) is 0 Å². The molecule has 0 fully saturated rings. The van der Waals surface area contributed by atoms with Crippen LogP contribution in [0.5, 0.6) is 17.2 Å². The summed E-state index contributed by atoms with van der Waals surface area (Å²) in [4.78, 5) is 18.2. The van der Waals surface area contributed by atoms with Crippen LogP contribution < -0.4 is 14.8 Å². The number of methoxy groups -OCH3 is 1. The zero-order chi connectivity index (χ0) is 21.8. The molecule has 3 N–H and O–H groups in total. The molecule has 0 aliphatic rings. The number of benzene rings is 3. The van der Waals surface area contributed by atoms with Gasteiger partial charge in [0, 0.05) is 13.1 Å². The van der Waals surface area contributed by atoms with Crippen LogP contribution in [0.15, 0.2) is 78.9 Å². The quantitative estimate of drug-likeness (QED) is 0.508. The summed E-state index contributed by atoms with van der Waals surface area (Å²) in [5.41, 5.74) is 2.42. The fourth-order valence-corrected chi connectivity index (χ4v) is 2.44. The molecule has 30 heavy (non-hydrogen) atoms. The maximum absolute atomic E-state index is 9.10. The van der Waals surface area contributed by atoms with Crippen molar-refractivity contribution in [2.75, 3.05) is 7.11 Å². The summed E-state index contributed by atoms with van der Waals surface area (Å²) in [7, 11) is 1.68. The Balaban J connectivity index is 0.000000469. The zero-order valence-electron chi connectivity index (χ0n) is 16.4. The summed E-state index contributed by atoms with van der Waals surface area (Å²) in [6.07, 6.45) is 0. The molecule has 3 rings (SSSR count). The normalized spacial score (nSPS) is 9.77. The molecule has 0 radical (unpaired) electrons. The van der Waals surface area contributed by atoms with Crippen LogP contribution in [-0.2, 0) is 22.7 Å². The largest absolute Gasteiger partial charge is 0.497 e. The molecule has 7 nitrogen and oxygen atoms in total. The van der Waals surface area contributed by atoms with Crippen LogP contribution in [0.3, 0.4) is 0 Å². The van der Waals surface area contributed by atoms with Crippen LogP contribution in [0.25, 0.3) is 0 Å². The Morgan fingerprint density at radius 2 is 1.33 bits per heavy atom. The molecule has 3 aromatic carbocycles. The van der Waals surface area contributed by atoms with E-state index in [1.807, 2.05) is 54.6 Å². The topological polar surface area (TPSA) is 105 Å². The number of carbonyl (C=O) groups is 2. The van der Waals surface area contributed by atoms with Gasteiger partial charge in [-0.3, -0.25) is 0 Å². The number of carboxylic acid groups (broad SMARTS) is 2.